The van der Waals surface area contributed by atoms with Crippen LogP contribution in [0.5, 0.6) is 0 Å². The molecule has 144 valence electrons. The monoisotopic (exact) mass is 397 g/mol. The molecule has 0 radical (unpaired) electrons. The zero-order valence-electron chi connectivity index (χ0n) is 15.4. The lowest BCUT2D eigenvalue weighted by atomic mass is 9.88. The fourth-order valence-electron chi connectivity index (χ4n) is 4.36. The van der Waals surface area contributed by atoms with Gasteiger partial charge in [-0.1, -0.05) is 0 Å². The predicted octanol–water partition coefficient (Wildman–Crippen LogP) is 1.30. The number of likely N-dealkylation sites (tertiary alicyclic amines) is 2. The highest BCUT2D eigenvalue weighted by Crippen LogP contribution is 2.47. The van der Waals surface area contributed by atoms with Crippen LogP contribution in [0.2, 0.25) is 0 Å². The van der Waals surface area contributed by atoms with Crippen molar-refractivity contribution in [3.05, 3.63) is 0 Å². The van der Waals surface area contributed by atoms with E-state index in [4.69, 9.17) is 0 Å². The average Bonchev–Trinajstić information content (AvgIpc) is 3.00. The standard InChI is InChI=1S/C18H27N3O3S2/c1-11(2)21-13(3-4-14(21)22)15(23)19-18(5-6-18)12-9-20(10-12)16(24)17-25-7-8-26-17/h11-13,17H,3-10H2,1-2H3,(H,19,23)/t13-/m0/s1. The first-order valence-corrected chi connectivity index (χ1v) is 11.7. The molecule has 26 heavy (non-hydrogen) atoms. The van der Waals surface area contributed by atoms with Crippen LogP contribution < -0.4 is 5.32 Å². The van der Waals surface area contributed by atoms with Crippen LogP contribution in [0.15, 0.2) is 0 Å². The molecule has 0 aromatic rings. The number of rotatable bonds is 5. The summed E-state index contributed by atoms with van der Waals surface area (Å²) in [5, 5.41) is 3.26. The molecule has 8 heteroatoms. The Hall–Kier alpha value is -0.890. The highest BCUT2D eigenvalue weighted by molar-refractivity contribution is 8.21. The Morgan fingerprint density at radius 1 is 1.19 bits per heavy atom. The Bertz CT molecular complexity index is 611. The second kappa shape index (κ2) is 6.93. The Morgan fingerprint density at radius 3 is 2.42 bits per heavy atom. The minimum absolute atomic E-state index is 0.00581. The highest BCUT2D eigenvalue weighted by Gasteiger charge is 2.56. The van der Waals surface area contributed by atoms with Gasteiger partial charge in [0, 0.05) is 48.5 Å². The molecular formula is C18H27N3O3S2. The summed E-state index contributed by atoms with van der Waals surface area (Å²) in [6, 6.07) is -0.279. The van der Waals surface area contributed by atoms with Gasteiger partial charge in [0.2, 0.25) is 17.7 Å². The summed E-state index contributed by atoms with van der Waals surface area (Å²) in [7, 11) is 0. The predicted molar refractivity (Wildman–Crippen MR) is 104 cm³/mol. The van der Waals surface area contributed by atoms with Crippen LogP contribution in [0, 0.1) is 5.92 Å². The molecule has 1 atom stereocenters. The molecule has 3 amide bonds. The number of amides is 3. The van der Waals surface area contributed by atoms with E-state index in [1.165, 1.54) is 0 Å². The molecule has 6 nitrogen and oxygen atoms in total. The zero-order chi connectivity index (χ0) is 18.5. The SMILES string of the molecule is CC(C)N1C(=O)CC[C@H]1C(=O)NC1(C2CN(C(=O)C3SCCS3)C2)CC1. The zero-order valence-corrected chi connectivity index (χ0v) is 17.0. The fourth-order valence-corrected chi connectivity index (χ4v) is 7.11. The van der Waals surface area contributed by atoms with Gasteiger partial charge in [0.15, 0.2) is 0 Å². The van der Waals surface area contributed by atoms with Crippen LogP contribution in [0.4, 0.5) is 0 Å². The van der Waals surface area contributed by atoms with E-state index in [1.54, 1.807) is 28.4 Å². The highest BCUT2D eigenvalue weighted by atomic mass is 32.2. The molecule has 3 heterocycles. The van der Waals surface area contributed by atoms with Gasteiger partial charge in [-0.3, -0.25) is 14.4 Å². The van der Waals surface area contributed by atoms with Crippen LogP contribution >= 0.6 is 23.5 Å². The third-order valence-corrected chi connectivity index (χ3v) is 9.04. The summed E-state index contributed by atoms with van der Waals surface area (Å²) in [5.41, 5.74) is -0.141. The molecule has 0 spiro atoms. The Balaban J connectivity index is 1.32. The first-order chi connectivity index (χ1) is 12.4. The van der Waals surface area contributed by atoms with E-state index in [9.17, 15) is 14.4 Å². The van der Waals surface area contributed by atoms with Crippen molar-refractivity contribution in [2.45, 2.75) is 61.7 Å². The third-order valence-electron chi connectivity index (χ3n) is 6.07. The van der Waals surface area contributed by atoms with Crippen LogP contribution in [0.3, 0.4) is 0 Å². The number of hydrogen-bond acceptors (Lipinski definition) is 5. The van der Waals surface area contributed by atoms with Gasteiger partial charge in [-0.15, -0.1) is 23.5 Å². The van der Waals surface area contributed by atoms with E-state index in [1.807, 2.05) is 18.7 Å². The largest absolute Gasteiger partial charge is 0.348 e. The summed E-state index contributed by atoms with van der Waals surface area (Å²) < 4.78 is 0.0739. The van der Waals surface area contributed by atoms with Crippen molar-refractivity contribution in [1.82, 2.24) is 15.1 Å². The molecule has 4 aliphatic rings. The maximum atomic E-state index is 12.8. The van der Waals surface area contributed by atoms with Gasteiger partial charge in [-0.25, -0.2) is 0 Å². The summed E-state index contributed by atoms with van der Waals surface area (Å²) in [4.78, 5) is 41.0. The van der Waals surface area contributed by atoms with Gasteiger partial charge in [0.25, 0.3) is 0 Å². The number of carbonyl (C=O) groups excluding carboxylic acids is 3. The molecule has 3 saturated heterocycles. The summed E-state index contributed by atoms with van der Waals surface area (Å²) >= 11 is 3.50. The quantitative estimate of drug-likeness (QED) is 0.757. The maximum absolute atomic E-state index is 12.8. The molecule has 1 aliphatic carbocycles. The van der Waals surface area contributed by atoms with Crippen molar-refractivity contribution in [2.75, 3.05) is 24.6 Å². The van der Waals surface area contributed by atoms with Crippen molar-refractivity contribution in [3.8, 4) is 0 Å². The van der Waals surface area contributed by atoms with E-state index in [0.29, 0.717) is 18.8 Å². The van der Waals surface area contributed by atoms with Gasteiger partial charge in [-0.2, -0.15) is 0 Å². The minimum atomic E-state index is -0.330. The van der Waals surface area contributed by atoms with Gasteiger partial charge in [-0.05, 0) is 33.1 Å². The van der Waals surface area contributed by atoms with E-state index in [-0.39, 0.29) is 39.9 Å². The summed E-state index contributed by atoms with van der Waals surface area (Å²) in [6.45, 7) is 5.44. The van der Waals surface area contributed by atoms with E-state index >= 15 is 0 Å². The molecule has 0 bridgehead atoms. The summed E-state index contributed by atoms with van der Waals surface area (Å²) in [6.07, 6.45) is 3.05. The molecule has 1 N–H and O–H groups in total. The molecule has 0 aromatic carbocycles. The van der Waals surface area contributed by atoms with Crippen molar-refractivity contribution in [1.29, 1.82) is 0 Å². The van der Waals surface area contributed by atoms with E-state index < -0.39 is 0 Å². The van der Waals surface area contributed by atoms with Crippen LogP contribution in [0.1, 0.15) is 39.5 Å². The topological polar surface area (TPSA) is 69.7 Å². The first kappa shape index (κ1) is 18.5. The smallest absolute Gasteiger partial charge is 0.245 e. The molecular weight excluding hydrogens is 370 g/mol. The number of carbonyl (C=O) groups is 3. The average molecular weight is 398 g/mol. The van der Waals surface area contributed by atoms with Crippen molar-refractivity contribution >= 4 is 41.2 Å². The number of nitrogens with one attached hydrogen (secondary N) is 1. The van der Waals surface area contributed by atoms with Crippen LogP contribution in [-0.2, 0) is 14.4 Å². The molecule has 4 rings (SSSR count). The number of thioether (sulfide) groups is 2. The normalized spacial score (nSPS) is 28.6. The van der Waals surface area contributed by atoms with Gasteiger partial charge in [0.1, 0.15) is 10.6 Å². The van der Waals surface area contributed by atoms with Gasteiger partial charge < -0.3 is 15.1 Å². The van der Waals surface area contributed by atoms with Crippen LogP contribution in [0.25, 0.3) is 0 Å². The van der Waals surface area contributed by atoms with E-state index in [0.717, 1.165) is 37.4 Å². The Morgan fingerprint density at radius 2 is 1.85 bits per heavy atom. The van der Waals surface area contributed by atoms with Gasteiger partial charge >= 0.3 is 0 Å². The Labute approximate surface area is 163 Å². The second-order valence-electron chi connectivity index (χ2n) is 8.11. The molecule has 4 fully saturated rings. The number of hydrogen-bond donors (Lipinski definition) is 1. The Kier molecular flexibility index (Phi) is 4.92. The molecule has 3 aliphatic heterocycles. The molecule has 0 aromatic heterocycles. The van der Waals surface area contributed by atoms with Crippen molar-refractivity contribution < 1.29 is 14.4 Å². The maximum Gasteiger partial charge on any atom is 0.245 e. The summed E-state index contributed by atoms with van der Waals surface area (Å²) in [5.74, 6) is 2.81. The lowest BCUT2D eigenvalue weighted by molar-refractivity contribution is -0.139. The number of nitrogens with zero attached hydrogens (tertiary/aromatic N) is 2. The second-order valence-corrected chi connectivity index (χ2v) is 10.8. The van der Waals surface area contributed by atoms with Crippen LogP contribution in [-0.4, -0.2) is 74.3 Å². The van der Waals surface area contributed by atoms with E-state index in [2.05, 4.69) is 5.32 Å². The molecule has 1 saturated carbocycles. The third kappa shape index (κ3) is 3.23. The van der Waals surface area contributed by atoms with Gasteiger partial charge in [0.05, 0.1) is 0 Å². The fraction of sp³-hybridized carbons (Fsp3) is 0.833. The lowest BCUT2D eigenvalue weighted by Crippen LogP contribution is -2.62. The molecule has 0 unspecified atom stereocenters. The first-order valence-electron chi connectivity index (χ1n) is 9.56. The minimum Gasteiger partial charge on any atom is -0.348 e. The van der Waals surface area contributed by atoms with Crippen molar-refractivity contribution in [3.63, 3.8) is 0 Å². The lowest BCUT2D eigenvalue weighted by Gasteiger charge is -2.45. The van der Waals surface area contributed by atoms with Crippen molar-refractivity contribution in [2.24, 2.45) is 5.92 Å².